The number of nitrogens with zero attached hydrogens (tertiary/aromatic N) is 5. The lowest BCUT2D eigenvalue weighted by Crippen LogP contribution is -2.50. The van der Waals surface area contributed by atoms with E-state index in [-0.39, 0.29) is 12.1 Å². The highest BCUT2D eigenvalue weighted by molar-refractivity contribution is 7.22. The highest BCUT2D eigenvalue weighted by atomic mass is 32.1. The molecule has 0 saturated carbocycles. The minimum atomic E-state index is -0.719. The molecule has 1 fully saturated rings. The summed E-state index contributed by atoms with van der Waals surface area (Å²) in [5, 5.41) is 19.7. The monoisotopic (exact) mass is 539 g/mol. The Bertz CT molecular complexity index is 1330. The van der Waals surface area contributed by atoms with E-state index in [0.29, 0.717) is 48.9 Å². The van der Waals surface area contributed by atoms with Crippen LogP contribution in [0.5, 0.6) is 0 Å². The molecule has 3 heterocycles. The van der Waals surface area contributed by atoms with Crippen molar-refractivity contribution in [2.45, 2.75) is 52.5 Å². The van der Waals surface area contributed by atoms with Crippen molar-refractivity contribution in [3.05, 3.63) is 30.1 Å². The van der Waals surface area contributed by atoms with Crippen molar-refractivity contribution in [1.82, 2.24) is 20.3 Å². The number of carbonyl (C=O) groups excluding carboxylic acids is 1. The van der Waals surface area contributed by atoms with Crippen molar-refractivity contribution < 1.29 is 19.5 Å². The molecule has 0 aliphatic carbocycles. The van der Waals surface area contributed by atoms with E-state index in [1.165, 1.54) is 18.4 Å². The molecular formula is C26H33N7O4S. The molecule has 4 rings (SSSR count). The molecule has 38 heavy (non-hydrogen) atoms. The molecule has 0 spiro atoms. The summed E-state index contributed by atoms with van der Waals surface area (Å²) in [5.74, 6) is -0.121. The van der Waals surface area contributed by atoms with E-state index in [9.17, 15) is 14.7 Å². The molecule has 202 valence electrons. The first kappa shape index (κ1) is 27.2. The summed E-state index contributed by atoms with van der Waals surface area (Å²) in [6, 6.07) is 3.63. The van der Waals surface area contributed by atoms with Crippen LogP contribution in [-0.4, -0.2) is 64.5 Å². The van der Waals surface area contributed by atoms with Gasteiger partial charge in [0.1, 0.15) is 7.11 Å². The molecule has 2 aromatic heterocycles. The van der Waals surface area contributed by atoms with Gasteiger partial charge in [0.2, 0.25) is 5.95 Å². The number of thiazole rings is 1. The zero-order chi connectivity index (χ0) is 27.3. The van der Waals surface area contributed by atoms with Crippen molar-refractivity contribution in [2.24, 2.45) is 10.6 Å². The molecule has 2 amide bonds. The second-order valence-corrected chi connectivity index (χ2v) is 10.3. The zero-order valence-electron chi connectivity index (χ0n) is 22.0. The number of benzene rings is 1. The van der Waals surface area contributed by atoms with Crippen LogP contribution in [0.25, 0.3) is 21.3 Å². The summed E-state index contributed by atoms with van der Waals surface area (Å²) in [6.45, 7) is 6.98. The summed E-state index contributed by atoms with van der Waals surface area (Å²) in [4.78, 5) is 44.9. The fourth-order valence-corrected chi connectivity index (χ4v) is 5.80. The summed E-state index contributed by atoms with van der Waals surface area (Å²) in [7, 11) is 1.48. The third kappa shape index (κ3) is 5.54. The van der Waals surface area contributed by atoms with Crippen LogP contribution in [0.2, 0.25) is 0 Å². The summed E-state index contributed by atoms with van der Waals surface area (Å²) in [6.07, 6.45) is 7.72. The number of rotatable bonds is 9. The molecule has 0 bridgehead atoms. The van der Waals surface area contributed by atoms with Gasteiger partial charge in [0.15, 0.2) is 5.13 Å². The van der Waals surface area contributed by atoms with Gasteiger partial charge in [-0.25, -0.2) is 19.7 Å². The van der Waals surface area contributed by atoms with Crippen molar-refractivity contribution in [3.8, 4) is 11.1 Å². The van der Waals surface area contributed by atoms with Crippen LogP contribution in [0, 0.1) is 5.41 Å². The fourth-order valence-electron chi connectivity index (χ4n) is 4.88. The first-order chi connectivity index (χ1) is 18.3. The first-order valence-electron chi connectivity index (χ1n) is 12.7. The van der Waals surface area contributed by atoms with Gasteiger partial charge in [0.05, 0.1) is 21.8 Å². The number of hydrogen-bond donors (Lipinski definition) is 3. The molecule has 1 saturated heterocycles. The van der Waals surface area contributed by atoms with Crippen LogP contribution >= 0.6 is 11.3 Å². The SMILES string of the molecule is CCNC(=O)Nc1nc2cc(-c3cnc(N4CCC(CC)(C(=O)O)CC4CC)nc3)cc(C=NOC)c2s1. The minimum Gasteiger partial charge on any atom is -0.481 e. The van der Waals surface area contributed by atoms with Crippen LogP contribution in [0.3, 0.4) is 0 Å². The van der Waals surface area contributed by atoms with Crippen molar-refractivity contribution in [3.63, 3.8) is 0 Å². The quantitative estimate of drug-likeness (QED) is 0.262. The third-order valence-electron chi connectivity index (χ3n) is 7.10. The predicted molar refractivity (Wildman–Crippen MR) is 149 cm³/mol. The lowest BCUT2D eigenvalue weighted by atomic mass is 9.73. The van der Waals surface area contributed by atoms with Crippen molar-refractivity contribution >= 4 is 50.8 Å². The minimum absolute atomic E-state index is 0.0599. The average molecular weight is 540 g/mol. The van der Waals surface area contributed by atoms with Gasteiger partial charge in [-0.15, -0.1) is 0 Å². The molecule has 0 radical (unpaired) electrons. The van der Waals surface area contributed by atoms with E-state index >= 15 is 0 Å². The van der Waals surface area contributed by atoms with Gasteiger partial charge >= 0.3 is 12.0 Å². The normalized spacial score (nSPS) is 19.6. The molecule has 3 N–H and O–H groups in total. The van der Waals surface area contributed by atoms with Gasteiger partial charge in [-0.2, -0.15) is 0 Å². The van der Waals surface area contributed by atoms with Gasteiger partial charge in [-0.1, -0.05) is 30.3 Å². The standard InChI is InChI=1S/C26H33N7O4S/c1-5-19-12-26(6-2,22(34)35)8-9-33(19)23-28-13-18(14-29-23)16-10-17(15-30-37-4)21-20(11-16)31-25(38-21)32-24(36)27-7-3/h10-11,13-15,19H,5-9,12H2,1-4H3,(H,34,35)(H2,27,31,32,36). The van der Waals surface area contributed by atoms with Crippen LogP contribution in [0.15, 0.2) is 29.7 Å². The molecular weight excluding hydrogens is 506 g/mol. The molecule has 11 nitrogen and oxygen atoms in total. The Morgan fingerprint density at radius 2 is 2.03 bits per heavy atom. The maximum atomic E-state index is 12.0. The van der Waals surface area contributed by atoms with E-state index in [2.05, 4.69) is 42.6 Å². The Morgan fingerprint density at radius 1 is 1.26 bits per heavy atom. The smallest absolute Gasteiger partial charge is 0.321 e. The number of urea groups is 1. The van der Waals surface area contributed by atoms with E-state index in [1.54, 1.807) is 18.6 Å². The van der Waals surface area contributed by atoms with Crippen LogP contribution < -0.4 is 15.5 Å². The zero-order valence-corrected chi connectivity index (χ0v) is 22.8. The Balaban J connectivity index is 1.63. The average Bonchev–Trinajstić information content (AvgIpc) is 3.33. The highest BCUT2D eigenvalue weighted by Crippen LogP contribution is 2.40. The van der Waals surface area contributed by atoms with Gasteiger partial charge in [-0.05, 0) is 50.3 Å². The number of carbonyl (C=O) groups is 2. The van der Waals surface area contributed by atoms with Crippen LogP contribution in [-0.2, 0) is 9.63 Å². The number of oxime groups is 1. The van der Waals surface area contributed by atoms with E-state index in [1.807, 2.05) is 26.0 Å². The van der Waals surface area contributed by atoms with Crippen molar-refractivity contribution in [1.29, 1.82) is 0 Å². The molecule has 3 aromatic rings. The Morgan fingerprint density at radius 3 is 2.66 bits per heavy atom. The molecule has 2 unspecified atom stereocenters. The van der Waals surface area contributed by atoms with Crippen LogP contribution in [0.1, 0.15) is 52.0 Å². The largest absolute Gasteiger partial charge is 0.481 e. The van der Waals surface area contributed by atoms with E-state index < -0.39 is 11.4 Å². The first-order valence-corrected chi connectivity index (χ1v) is 13.5. The Hall–Kier alpha value is -3.80. The van der Waals surface area contributed by atoms with Crippen molar-refractivity contribution in [2.75, 3.05) is 30.4 Å². The van der Waals surface area contributed by atoms with Gasteiger partial charge in [0.25, 0.3) is 0 Å². The van der Waals surface area contributed by atoms with Gasteiger partial charge in [0, 0.05) is 42.7 Å². The number of carboxylic acid groups (broad SMARTS) is 1. The van der Waals surface area contributed by atoms with Crippen LogP contribution in [0.4, 0.5) is 15.9 Å². The second-order valence-electron chi connectivity index (χ2n) is 9.25. The lowest BCUT2D eigenvalue weighted by Gasteiger charge is -2.44. The summed E-state index contributed by atoms with van der Waals surface area (Å²) >= 11 is 1.35. The highest BCUT2D eigenvalue weighted by Gasteiger charge is 2.44. The van der Waals surface area contributed by atoms with E-state index in [4.69, 9.17) is 4.84 Å². The van der Waals surface area contributed by atoms with Gasteiger partial charge in [-0.3, -0.25) is 10.1 Å². The fraction of sp³-hybridized carbons (Fsp3) is 0.462. The number of piperidine rings is 1. The number of aliphatic carboxylic acids is 1. The molecule has 1 aliphatic heterocycles. The third-order valence-corrected chi connectivity index (χ3v) is 8.14. The summed E-state index contributed by atoms with van der Waals surface area (Å²) in [5.41, 5.74) is 2.44. The number of anilines is 2. The number of amides is 2. The molecule has 12 heteroatoms. The Kier molecular flexibility index (Phi) is 8.40. The molecule has 1 aromatic carbocycles. The number of aromatic nitrogens is 3. The molecule has 1 aliphatic rings. The topological polar surface area (TPSA) is 142 Å². The number of carboxylic acids is 1. The van der Waals surface area contributed by atoms with E-state index in [0.717, 1.165) is 27.8 Å². The maximum absolute atomic E-state index is 12.0. The number of fused-ring (bicyclic) bond motifs is 1. The second kappa shape index (κ2) is 11.7. The Labute approximate surface area is 225 Å². The lowest BCUT2D eigenvalue weighted by molar-refractivity contribution is -0.151. The maximum Gasteiger partial charge on any atom is 0.321 e. The number of nitrogens with one attached hydrogen (secondary N) is 2. The predicted octanol–water partition coefficient (Wildman–Crippen LogP) is 4.73. The molecule has 2 atom stereocenters. The summed E-state index contributed by atoms with van der Waals surface area (Å²) < 4.78 is 0.857. The van der Waals surface area contributed by atoms with Gasteiger partial charge < -0.3 is 20.2 Å². The number of hydrogen-bond acceptors (Lipinski definition) is 9.